The van der Waals surface area contributed by atoms with Crippen LogP contribution in [0.1, 0.15) is 24.4 Å². The highest BCUT2D eigenvalue weighted by Gasteiger charge is 2.29. The van der Waals surface area contributed by atoms with E-state index in [-0.39, 0.29) is 36.8 Å². The molecule has 0 spiro atoms. The van der Waals surface area contributed by atoms with Crippen LogP contribution >= 0.6 is 24.8 Å². The second-order valence-corrected chi connectivity index (χ2v) is 5.42. The number of imidazole rings is 1. The average Bonchev–Trinajstić information content (AvgIpc) is 3.28. The zero-order valence-electron chi connectivity index (χ0n) is 14.5. The molecule has 1 fully saturated rings. The molecule has 1 saturated heterocycles. The maximum atomic E-state index is 12.8. The monoisotopic (exact) mass is 402 g/mol. The Morgan fingerprint density at radius 2 is 1.81 bits per heavy atom. The van der Waals surface area contributed by atoms with Crippen LogP contribution in [0.3, 0.4) is 0 Å². The van der Waals surface area contributed by atoms with Crippen molar-refractivity contribution in [3.8, 4) is 0 Å². The van der Waals surface area contributed by atoms with E-state index in [2.05, 4.69) is 9.72 Å². The summed E-state index contributed by atoms with van der Waals surface area (Å²) in [4.78, 5) is 27.7. The number of amides is 1. The van der Waals surface area contributed by atoms with E-state index in [1.165, 1.54) is 7.11 Å². The molecular weight excluding hydrogens is 379 g/mol. The molecule has 2 aromatic rings. The predicted octanol–water partition coefficient (Wildman–Crippen LogP) is 2.31. The number of carbonyl (C=O) groups is 2. The number of likely N-dealkylation sites (tertiary alicyclic amines) is 1. The molecule has 1 atom stereocenters. The molecule has 144 valence electrons. The van der Waals surface area contributed by atoms with Crippen LogP contribution in [0.25, 0.3) is 0 Å². The first-order valence-corrected chi connectivity index (χ1v) is 7.76. The summed E-state index contributed by atoms with van der Waals surface area (Å²) in [5.41, 5.74) is 6.65. The highest BCUT2D eigenvalue weighted by Crippen LogP contribution is 2.23. The van der Waals surface area contributed by atoms with Crippen LogP contribution < -0.4 is 5.73 Å². The van der Waals surface area contributed by atoms with Gasteiger partial charge >= 0.3 is 0 Å². The molecule has 1 aliphatic heterocycles. The summed E-state index contributed by atoms with van der Waals surface area (Å²) in [5, 5.41) is 0. The summed E-state index contributed by atoms with van der Waals surface area (Å²) < 4.78 is 5.66. The van der Waals surface area contributed by atoms with Gasteiger partial charge in [0.25, 0.3) is 6.47 Å². The van der Waals surface area contributed by atoms with Crippen molar-refractivity contribution in [1.82, 2.24) is 14.5 Å². The zero-order chi connectivity index (χ0) is 17.4. The third-order valence-corrected chi connectivity index (χ3v) is 3.78. The third-order valence-electron chi connectivity index (χ3n) is 3.78. The molecular formula is C17H24Cl2N4O3. The summed E-state index contributed by atoms with van der Waals surface area (Å²) in [6.07, 6.45) is 5.51. The van der Waals surface area contributed by atoms with E-state index in [1.807, 2.05) is 35.2 Å². The SMILES string of the molecule is COC=O.Cl.Cl.Nc1cn(C(C(=O)N2CCCC2)c2ccccc2)cn1. The molecule has 9 heteroatoms. The van der Waals surface area contributed by atoms with Gasteiger partial charge in [-0.25, -0.2) is 4.98 Å². The van der Waals surface area contributed by atoms with Crippen LogP contribution in [-0.2, 0) is 14.3 Å². The minimum Gasteiger partial charge on any atom is -0.471 e. The molecule has 0 saturated carbocycles. The third kappa shape index (κ3) is 6.24. The van der Waals surface area contributed by atoms with Gasteiger partial charge in [0.2, 0.25) is 5.91 Å². The molecule has 1 aliphatic rings. The number of anilines is 1. The molecule has 0 aliphatic carbocycles. The number of benzene rings is 1. The van der Waals surface area contributed by atoms with Gasteiger partial charge in [0.15, 0.2) is 0 Å². The van der Waals surface area contributed by atoms with Crippen LogP contribution in [0.4, 0.5) is 5.82 Å². The Kier molecular flexibility index (Phi) is 11.1. The predicted molar refractivity (Wildman–Crippen MR) is 105 cm³/mol. The minimum atomic E-state index is -0.376. The number of nitrogens with two attached hydrogens (primary N) is 1. The number of carbonyl (C=O) groups excluding carboxylic acids is 2. The molecule has 1 aromatic heterocycles. The van der Waals surface area contributed by atoms with E-state index in [1.54, 1.807) is 17.1 Å². The summed E-state index contributed by atoms with van der Waals surface area (Å²) in [6, 6.07) is 9.39. The van der Waals surface area contributed by atoms with E-state index in [0.717, 1.165) is 31.5 Å². The van der Waals surface area contributed by atoms with Gasteiger partial charge in [0, 0.05) is 19.3 Å². The lowest BCUT2D eigenvalue weighted by Crippen LogP contribution is -2.35. The number of rotatable bonds is 4. The van der Waals surface area contributed by atoms with Crippen molar-refractivity contribution < 1.29 is 14.3 Å². The fourth-order valence-corrected chi connectivity index (χ4v) is 2.68. The lowest BCUT2D eigenvalue weighted by atomic mass is 10.1. The number of hydrogen-bond acceptors (Lipinski definition) is 5. The number of aromatic nitrogens is 2. The number of nitrogens with zero attached hydrogens (tertiary/aromatic N) is 3. The van der Waals surface area contributed by atoms with Crippen LogP contribution in [0.5, 0.6) is 0 Å². The molecule has 7 nitrogen and oxygen atoms in total. The van der Waals surface area contributed by atoms with Gasteiger partial charge in [-0.15, -0.1) is 24.8 Å². The molecule has 1 aromatic carbocycles. The van der Waals surface area contributed by atoms with Crippen molar-refractivity contribution in [2.75, 3.05) is 25.9 Å². The van der Waals surface area contributed by atoms with Crippen LogP contribution in [-0.4, -0.2) is 47.0 Å². The maximum absolute atomic E-state index is 12.8. The topological polar surface area (TPSA) is 90.4 Å². The Balaban J connectivity index is 0.000000951. The van der Waals surface area contributed by atoms with Gasteiger partial charge in [0.1, 0.15) is 11.9 Å². The van der Waals surface area contributed by atoms with Gasteiger partial charge in [-0.3, -0.25) is 9.59 Å². The zero-order valence-corrected chi connectivity index (χ0v) is 16.1. The molecule has 0 bridgehead atoms. The number of ether oxygens (including phenoxy) is 1. The minimum absolute atomic E-state index is 0. The molecule has 26 heavy (non-hydrogen) atoms. The largest absolute Gasteiger partial charge is 0.471 e. The molecule has 2 N–H and O–H groups in total. The lowest BCUT2D eigenvalue weighted by molar-refractivity contribution is -0.132. The summed E-state index contributed by atoms with van der Waals surface area (Å²) >= 11 is 0. The van der Waals surface area contributed by atoms with E-state index >= 15 is 0 Å². The number of methoxy groups -OCH3 is 1. The average molecular weight is 403 g/mol. The Morgan fingerprint density at radius 3 is 2.27 bits per heavy atom. The Morgan fingerprint density at radius 1 is 1.23 bits per heavy atom. The number of nitrogen functional groups attached to an aromatic ring is 1. The normalized spacial score (nSPS) is 13.3. The quantitative estimate of drug-likeness (QED) is 0.792. The van der Waals surface area contributed by atoms with Gasteiger partial charge in [-0.2, -0.15) is 0 Å². The van der Waals surface area contributed by atoms with Gasteiger partial charge < -0.3 is 19.9 Å². The molecule has 2 heterocycles. The molecule has 1 amide bonds. The second kappa shape index (κ2) is 12.2. The van der Waals surface area contributed by atoms with Crippen molar-refractivity contribution in [3.05, 3.63) is 48.4 Å². The standard InChI is InChI=1S/C15H18N4O.C2H4O2.2ClH/c16-13-10-19(11-17-13)14(12-6-2-1-3-7-12)15(20)18-8-4-5-9-18;1-4-2-3;;/h1-3,6-7,10-11,14H,4-5,8-9,16H2;2H,1H3;2*1H. The highest BCUT2D eigenvalue weighted by atomic mass is 35.5. The summed E-state index contributed by atoms with van der Waals surface area (Å²) in [7, 11) is 1.31. The van der Waals surface area contributed by atoms with Crippen molar-refractivity contribution in [1.29, 1.82) is 0 Å². The second-order valence-electron chi connectivity index (χ2n) is 5.42. The maximum Gasteiger partial charge on any atom is 0.292 e. The molecule has 1 unspecified atom stereocenters. The van der Waals surface area contributed by atoms with Crippen LogP contribution in [0.2, 0.25) is 0 Å². The smallest absolute Gasteiger partial charge is 0.292 e. The fraction of sp³-hybridized carbons (Fsp3) is 0.353. The van der Waals surface area contributed by atoms with Crippen molar-refractivity contribution in [2.24, 2.45) is 0 Å². The fourth-order valence-electron chi connectivity index (χ4n) is 2.68. The van der Waals surface area contributed by atoms with Crippen LogP contribution in [0, 0.1) is 0 Å². The highest BCUT2D eigenvalue weighted by molar-refractivity contribution is 5.85. The number of hydrogen-bond donors (Lipinski definition) is 1. The van der Waals surface area contributed by atoms with Crippen molar-refractivity contribution in [2.45, 2.75) is 18.9 Å². The first-order chi connectivity index (χ1) is 11.7. The molecule has 3 rings (SSSR count). The first-order valence-electron chi connectivity index (χ1n) is 7.76. The van der Waals surface area contributed by atoms with Gasteiger partial charge in [-0.1, -0.05) is 30.3 Å². The van der Waals surface area contributed by atoms with E-state index in [4.69, 9.17) is 10.5 Å². The van der Waals surface area contributed by atoms with E-state index in [9.17, 15) is 4.79 Å². The summed E-state index contributed by atoms with van der Waals surface area (Å²) in [6.45, 7) is 2.05. The lowest BCUT2D eigenvalue weighted by Gasteiger charge is -2.24. The van der Waals surface area contributed by atoms with Gasteiger partial charge in [-0.05, 0) is 18.4 Å². The Labute approximate surface area is 165 Å². The Bertz CT molecular complexity index is 661. The van der Waals surface area contributed by atoms with Crippen molar-refractivity contribution in [3.63, 3.8) is 0 Å². The van der Waals surface area contributed by atoms with Crippen LogP contribution in [0.15, 0.2) is 42.9 Å². The molecule has 0 radical (unpaired) electrons. The van der Waals surface area contributed by atoms with E-state index < -0.39 is 0 Å². The van der Waals surface area contributed by atoms with Crippen molar-refractivity contribution >= 4 is 43.0 Å². The summed E-state index contributed by atoms with van der Waals surface area (Å²) in [5.74, 6) is 0.547. The Hall–Kier alpha value is -2.25. The number of halogens is 2. The first kappa shape index (κ1) is 23.8. The van der Waals surface area contributed by atoms with Gasteiger partial charge in [0.05, 0.1) is 13.4 Å². The van der Waals surface area contributed by atoms with E-state index in [0.29, 0.717) is 12.3 Å².